The maximum atomic E-state index is 10.8. The first-order chi connectivity index (χ1) is 8.08. The van der Waals surface area contributed by atoms with Crippen LogP contribution in [0.15, 0.2) is 18.2 Å². The van der Waals surface area contributed by atoms with Crippen LogP contribution in [0.4, 0.5) is 0 Å². The van der Waals surface area contributed by atoms with Crippen molar-refractivity contribution in [2.24, 2.45) is 0 Å². The molecule has 5 nitrogen and oxygen atoms in total. The van der Waals surface area contributed by atoms with Crippen molar-refractivity contribution in [2.75, 3.05) is 0 Å². The van der Waals surface area contributed by atoms with Crippen molar-refractivity contribution < 1.29 is 10.0 Å². The lowest BCUT2D eigenvalue weighted by atomic mass is 9.81. The Morgan fingerprint density at radius 3 is 2.88 bits per heavy atom. The van der Waals surface area contributed by atoms with Crippen molar-refractivity contribution in [1.29, 1.82) is 0 Å². The van der Waals surface area contributed by atoms with Gasteiger partial charge in [0, 0.05) is 29.4 Å². The zero-order valence-electron chi connectivity index (χ0n) is 9.12. The summed E-state index contributed by atoms with van der Waals surface area (Å²) in [7, 11) is 0. The standard InChI is InChI=1S/C11H13ClN2O3/c12-11-3-1-2-9(13-11)8-6-7(14(16)17)4-5-10(8)15/h1-3,7-8,10,15H,4-6H2/t7-,8?,10-/m0/s1. The van der Waals surface area contributed by atoms with E-state index in [0.29, 0.717) is 30.1 Å². The van der Waals surface area contributed by atoms with Crippen molar-refractivity contribution in [1.82, 2.24) is 4.98 Å². The molecule has 1 aromatic rings. The minimum atomic E-state index is -0.593. The van der Waals surface area contributed by atoms with Gasteiger partial charge in [-0.05, 0) is 18.6 Å². The maximum Gasteiger partial charge on any atom is 0.214 e. The molecular formula is C11H13ClN2O3. The molecule has 2 rings (SSSR count). The number of hydrogen-bond acceptors (Lipinski definition) is 4. The number of halogens is 1. The van der Waals surface area contributed by atoms with Gasteiger partial charge in [-0.3, -0.25) is 10.1 Å². The van der Waals surface area contributed by atoms with Gasteiger partial charge in [-0.1, -0.05) is 17.7 Å². The Morgan fingerprint density at radius 1 is 1.47 bits per heavy atom. The molecule has 0 saturated heterocycles. The molecule has 1 aliphatic rings. The van der Waals surface area contributed by atoms with Crippen LogP contribution in [0.2, 0.25) is 5.15 Å². The molecule has 0 radical (unpaired) electrons. The van der Waals surface area contributed by atoms with Crippen molar-refractivity contribution in [2.45, 2.75) is 37.3 Å². The van der Waals surface area contributed by atoms with Crippen LogP contribution in [0.5, 0.6) is 0 Å². The zero-order valence-corrected chi connectivity index (χ0v) is 9.88. The molecular weight excluding hydrogens is 244 g/mol. The summed E-state index contributed by atoms with van der Waals surface area (Å²) in [5, 5.41) is 21.0. The lowest BCUT2D eigenvalue weighted by Gasteiger charge is -2.28. The lowest BCUT2D eigenvalue weighted by molar-refractivity contribution is -0.528. The molecule has 1 aliphatic carbocycles. The molecule has 0 bridgehead atoms. The molecule has 17 heavy (non-hydrogen) atoms. The largest absolute Gasteiger partial charge is 0.392 e. The number of aliphatic hydroxyl groups is 1. The molecule has 1 unspecified atom stereocenters. The van der Waals surface area contributed by atoms with E-state index in [4.69, 9.17) is 11.6 Å². The second kappa shape index (κ2) is 4.98. The number of hydrogen-bond donors (Lipinski definition) is 1. The first-order valence-corrected chi connectivity index (χ1v) is 5.89. The highest BCUT2D eigenvalue weighted by molar-refractivity contribution is 6.29. The summed E-state index contributed by atoms with van der Waals surface area (Å²) in [4.78, 5) is 14.6. The summed E-state index contributed by atoms with van der Waals surface area (Å²) >= 11 is 5.78. The summed E-state index contributed by atoms with van der Waals surface area (Å²) in [6, 6.07) is 4.55. The Kier molecular flexibility index (Phi) is 3.59. The molecule has 1 fully saturated rings. The normalized spacial score (nSPS) is 28.9. The van der Waals surface area contributed by atoms with Gasteiger partial charge in [0.15, 0.2) is 0 Å². The van der Waals surface area contributed by atoms with Gasteiger partial charge in [0.05, 0.1) is 6.10 Å². The quantitative estimate of drug-likeness (QED) is 0.499. The van der Waals surface area contributed by atoms with Gasteiger partial charge < -0.3 is 5.11 Å². The predicted molar refractivity (Wildman–Crippen MR) is 62.6 cm³/mol. The van der Waals surface area contributed by atoms with E-state index in [2.05, 4.69) is 4.98 Å². The van der Waals surface area contributed by atoms with Gasteiger partial charge in [-0.15, -0.1) is 0 Å². The van der Waals surface area contributed by atoms with Crippen LogP contribution < -0.4 is 0 Å². The Balaban J connectivity index is 2.20. The Bertz CT molecular complexity index is 427. The minimum Gasteiger partial charge on any atom is -0.392 e. The van der Waals surface area contributed by atoms with Crippen LogP contribution in [0.25, 0.3) is 0 Å². The third kappa shape index (κ3) is 2.73. The average molecular weight is 257 g/mol. The second-order valence-corrected chi connectivity index (χ2v) is 4.70. The SMILES string of the molecule is O=[N+]([O-])[C@H]1CC[C@H](O)C(c2cccc(Cl)n2)C1. The second-order valence-electron chi connectivity index (χ2n) is 4.31. The monoisotopic (exact) mass is 256 g/mol. The molecule has 0 spiro atoms. The van der Waals surface area contributed by atoms with Gasteiger partial charge >= 0.3 is 0 Å². The van der Waals surface area contributed by atoms with Crippen LogP contribution in [-0.2, 0) is 0 Å². The molecule has 0 amide bonds. The van der Waals surface area contributed by atoms with E-state index < -0.39 is 12.1 Å². The maximum absolute atomic E-state index is 10.8. The fourth-order valence-corrected chi connectivity index (χ4v) is 2.44. The fraction of sp³-hybridized carbons (Fsp3) is 0.545. The van der Waals surface area contributed by atoms with Gasteiger partial charge in [0.2, 0.25) is 6.04 Å². The van der Waals surface area contributed by atoms with E-state index in [0.717, 1.165) is 0 Å². The summed E-state index contributed by atoms with van der Waals surface area (Å²) in [5.74, 6) is -0.294. The highest BCUT2D eigenvalue weighted by atomic mass is 35.5. The molecule has 3 atom stereocenters. The van der Waals surface area contributed by atoms with E-state index in [1.165, 1.54) is 0 Å². The third-order valence-corrected chi connectivity index (χ3v) is 3.41. The van der Waals surface area contributed by atoms with Gasteiger partial charge in [0.25, 0.3) is 0 Å². The number of nitro groups is 1. The summed E-state index contributed by atoms with van der Waals surface area (Å²) in [6.45, 7) is 0. The van der Waals surface area contributed by atoms with Crippen LogP contribution in [0.1, 0.15) is 30.9 Å². The van der Waals surface area contributed by atoms with E-state index in [1.54, 1.807) is 18.2 Å². The number of pyridine rings is 1. The molecule has 6 heteroatoms. The van der Waals surface area contributed by atoms with E-state index in [-0.39, 0.29) is 10.8 Å². The molecule has 0 aromatic carbocycles. The highest BCUT2D eigenvalue weighted by Gasteiger charge is 2.36. The van der Waals surface area contributed by atoms with E-state index >= 15 is 0 Å². The van der Waals surface area contributed by atoms with Gasteiger partial charge in [0.1, 0.15) is 5.15 Å². The molecule has 1 heterocycles. The Morgan fingerprint density at radius 2 is 2.24 bits per heavy atom. The minimum absolute atomic E-state index is 0.274. The molecule has 92 valence electrons. The number of aromatic nitrogens is 1. The van der Waals surface area contributed by atoms with E-state index in [9.17, 15) is 15.2 Å². The molecule has 1 aromatic heterocycles. The predicted octanol–water partition coefficient (Wildman–Crippen LogP) is 2.01. The Hall–Kier alpha value is -1.20. The molecule has 0 aliphatic heterocycles. The van der Waals surface area contributed by atoms with Crippen LogP contribution in [0.3, 0.4) is 0 Å². The van der Waals surface area contributed by atoms with Crippen molar-refractivity contribution in [3.63, 3.8) is 0 Å². The summed E-state index contributed by atoms with van der Waals surface area (Å²) in [5.41, 5.74) is 0.636. The number of nitrogens with zero attached hydrogens (tertiary/aromatic N) is 2. The van der Waals surface area contributed by atoms with Crippen LogP contribution >= 0.6 is 11.6 Å². The topological polar surface area (TPSA) is 76.3 Å². The van der Waals surface area contributed by atoms with E-state index in [1.807, 2.05) is 0 Å². The Labute approximate surface area is 104 Å². The van der Waals surface area contributed by atoms with Crippen molar-refractivity contribution in [3.8, 4) is 0 Å². The molecule has 1 N–H and O–H groups in total. The lowest BCUT2D eigenvalue weighted by Crippen LogP contribution is -2.34. The van der Waals surface area contributed by atoms with Crippen molar-refractivity contribution in [3.05, 3.63) is 39.2 Å². The zero-order chi connectivity index (χ0) is 12.4. The number of aliphatic hydroxyl groups excluding tert-OH is 1. The number of rotatable bonds is 2. The average Bonchev–Trinajstić information content (AvgIpc) is 2.29. The van der Waals surface area contributed by atoms with Crippen LogP contribution in [-0.4, -0.2) is 27.2 Å². The van der Waals surface area contributed by atoms with Crippen LogP contribution in [0, 0.1) is 10.1 Å². The smallest absolute Gasteiger partial charge is 0.214 e. The van der Waals surface area contributed by atoms with Gasteiger partial charge in [-0.2, -0.15) is 0 Å². The first kappa shape index (κ1) is 12.3. The fourth-order valence-electron chi connectivity index (χ4n) is 2.27. The first-order valence-electron chi connectivity index (χ1n) is 5.52. The highest BCUT2D eigenvalue weighted by Crippen LogP contribution is 2.33. The summed E-state index contributed by atoms with van der Waals surface area (Å²) < 4.78 is 0. The van der Waals surface area contributed by atoms with Crippen molar-refractivity contribution >= 4 is 11.6 Å². The van der Waals surface area contributed by atoms with Gasteiger partial charge in [-0.25, -0.2) is 4.98 Å². The summed E-state index contributed by atoms with van der Waals surface area (Å²) in [6.07, 6.45) is 0.606. The third-order valence-electron chi connectivity index (χ3n) is 3.20. The molecule has 1 saturated carbocycles.